The summed E-state index contributed by atoms with van der Waals surface area (Å²) in [4.78, 5) is 56.5. The smallest absolute Gasteiger partial charge is 0.336 e. The fourth-order valence-corrected chi connectivity index (χ4v) is 5.95. The lowest BCUT2D eigenvalue weighted by Crippen LogP contribution is -2.54. The monoisotopic (exact) mass is 598 g/mol. The Kier molecular flexibility index (Phi) is 6.93. The van der Waals surface area contributed by atoms with Crippen molar-refractivity contribution in [2.24, 2.45) is 0 Å². The molecule has 4 amide bonds. The number of halogens is 4. The van der Waals surface area contributed by atoms with Crippen molar-refractivity contribution in [2.75, 3.05) is 25.0 Å². The average Bonchev–Trinajstić information content (AvgIpc) is 3.42. The van der Waals surface area contributed by atoms with Gasteiger partial charge >= 0.3 is 12.0 Å². The molecule has 3 aromatic rings. The number of hydrogen-bond donors (Lipinski definition) is 1. The lowest BCUT2D eigenvalue weighted by molar-refractivity contribution is -0.124. The summed E-state index contributed by atoms with van der Waals surface area (Å²) in [6.45, 7) is -0.600. The number of likely N-dealkylation sites (N-methyl/N-ethyl adjacent to an activating group) is 1. The van der Waals surface area contributed by atoms with Crippen molar-refractivity contribution in [1.29, 1.82) is 5.26 Å². The van der Waals surface area contributed by atoms with E-state index in [4.69, 9.17) is 23.2 Å². The van der Waals surface area contributed by atoms with Crippen molar-refractivity contribution in [1.82, 2.24) is 9.80 Å². The molecule has 5 rings (SSSR count). The van der Waals surface area contributed by atoms with Crippen LogP contribution < -0.4 is 4.90 Å². The molecule has 13 heteroatoms. The van der Waals surface area contributed by atoms with E-state index >= 15 is 0 Å². The van der Waals surface area contributed by atoms with Crippen LogP contribution in [0.15, 0.2) is 54.6 Å². The van der Waals surface area contributed by atoms with Gasteiger partial charge in [-0.2, -0.15) is 5.26 Å². The van der Waals surface area contributed by atoms with E-state index in [0.717, 1.165) is 9.80 Å². The Balaban J connectivity index is 1.64. The molecule has 1 spiro atoms. The summed E-state index contributed by atoms with van der Waals surface area (Å²) in [6.07, 6.45) is 0. The molecule has 0 unspecified atom stereocenters. The number of carboxylic acids is 1. The Morgan fingerprint density at radius 2 is 1.59 bits per heavy atom. The third-order valence-corrected chi connectivity index (χ3v) is 7.85. The number of anilines is 1. The van der Waals surface area contributed by atoms with Gasteiger partial charge in [0.1, 0.15) is 5.54 Å². The predicted molar refractivity (Wildman–Crippen MR) is 143 cm³/mol. The molecule has 1 N–H and O–H groups in total. The minimum Gasteiger partial charge on any atom is -0.478 e. The molecule has 2 aliphatic rings. The normalized spacial score (nSPS) is 20.2. The Morgan fingerprint density at radius 3 is 2.15 bits per heavy atom. The first-order chi connectivity index (χ1) is 19.4. The number of nitrogens with zero attached hydrogens (tertiary/aromatic N) is 4. The number of amides is 4. The molecule has 2 atom stereocenters. The van der Waals surface area contributed by atoms with Gasteiger partial charge in [-0.1, -0.05) is 35.3 Å². The van der Waals surface area contributed by atoms with Crippen LogP contribution in [0.2, 0.25) is 10.0 Å². The number of likely N-dealkylation sites (tertiary alicyclic amines) is 1. The summed E-state index contributed by atoms with van der Waals surface area (Å²) in [6, 6.07) is 12.6. The quantitative estimate of drug-likeness (QED) is 0.425. The minimum atomic E-state index is -1.70. The molecular weight excluding hydrogens is 581 g/mol. The number of nitriles is 1. The van der Waals surface area contributed by atoms with Gasteiger partial charge in [0.2, 0.25) is 0 Å². The summed E-state index contributed by atoms with van der Waals surface area (Å²) in [5.74, 6) is -7.08. The number of rotatable bonds is 4. The maximum Gasteiger partial charge on any atom is 0.336 e. The van der Waals surface area contributed by atoms with Gasteiger partial charge in [0.05, 0.1) is 35.0 Å². The highest BCUT2D eigenvalue weighted by Gasteiger charge is 2.65. The van der Waals surface area contributed by atoms with Gasteiger partial charge < -0.3 is 14.9 Å². The number of urea groups is 1. The first-order valence-electron chi connectivity index (χ1n) is 12.0. The number of imide groups is 1. The van der Waals surface area contributed by atoms with E-state index in [1.54, 1.807) is 12.1 Å². The van der Waals surface area contributed by atoms with Crippen LogP contribution in [0.4, 0.5) is 19.3 Å². The Hall–Kier alpha value is -4.53. The Labute approximate surface area is 241 Å². The number of benzene rings is 3. The van der Waals surface area contributed by atoms with E-state index in [-0.39, 0.29) is 22.3 Å². The molecule has 0 aromatic heterocycles. The summed E-state index contributed by atoms with van der Waals surface area (Å²) in [5, 5.41) is 19.1. The minimum absolute atomic E-state index is 0.0957. The molecule has 41 heavy (non-hydrogen) atoms. The maximum atomic E-state index is 14.2. The summed E-state index contributed by atoms with van der Waals surface area (Å²) in [7, 11) is 1.39. The van der Waals surface area contributed by atoms with Crippen LogP contribution >= 0.6 is 23.2 Å². The van der Waals surface area contributed by atoms with E-state index in [2.05, 4.69) is 0 Å². The molecule has 0 bridgehead atoms. The van der Waals surface area contributed by atoms with E-state index in [1.807, 2.05) is 6.07 Å². The standard InChI is InChI=1S/C28H18Cl2F2N4O5/c1-34-27(41)36(18-7-16(29)6-17(30)8-18)26(40)28(34)13-35(12-21(28)15-4-2-14(11-33)3-5-15)24(37)19-9-22(31)23(32)10-20(19)25(38)39/h2-10,21H,12-13H2,1H3,(H,38,39)/t21-,28+/m0/s1. The summed E-state index contributed by atoms with van der Waals surface area (Å²) in [5.41, 5.74) is -2.15. The average molecular weight is 599 g/mol. The van der Waals surface area contributed by atoms with Gasteiger partial charge in [-0.05, 0) is 48.0 Å². The maximum absolute atomic E-state index is 14.2. The van der Waals surface area contributed by atoms with Crippen molar-refractivity contribution in [3.05, 3.63) is 98.5 Å². The zero-order valence-electron chi connectivity index (χ0n) is 21.1. The predicted octanol–water partition coefficient (Wildman–Crippen LogP) is 4.92. The highest BCUT2D eigenvalue weighted by molar-refractivity contribution is 6.36. The SMILES string of the molecule is CN1C(=O)N(c2cc(Cl)cc(Cl)c2)C(=O)[C@]12CN(C(=O)c1cc(F)c(F)cc1C(=O)O)C[C@H]2c1ccc(C#N)cc1. The van der Waals surface area contributed by atoms with Crippen LogP contribution in [0.25, 0.3) is 0 Å². The van der Waals surface area contributed by atoms with Crippen LogP contribution in [0.3, 0.4) is 0 Å². The fourth-order valence-electron chi connectivity index (χ4n) is 5.43. The van der Waals surface area contributed by atoms with Gasteiger partial charge in [0, 0.05) is 29.6 Å². The van der Waals surface area contributed by atoms with Crippen LogP contribution in [-0.2, 0) is 4.79 Å². The van der Waals surface area contributed by atoms with E-state index in [9.17, 15) is 38.3 Å². The van der Waals surface area contributed by atoms with Gasteiger partial charge in [-0.25, -0.2) is 23.3 Å². The molecule has 0 radical (unpaired) electrons. The number of carboxylic acid groups (broad SMARTS) is 1. The number of carbonyl (C=O) groups is 4. The highest BCUT2D eigenvalue weighted by atomic mass is 35.5. The second-order valence-corrected chi connectivity index (χ2v) is 10.5. The molecule has 9 nitrogen and oxygen atoms in total. The molecule has 2 fully saturated rings. The Bertz CT molecular complexity index is 1670. The van der Waals surface area contributed by atoms with Crippen LogP contribution in [0.1, 0.15) is 37.8 Å². The second kappa shape index (κ2) is 10.1. The lowest BCUT2D eigenvalue weighted by atomic mass is 9.80. The van der Waals surface area contributed by atoms with Crippen LogP contribution in [0, 0.1) is 23.0 Å². The van der Waals surface area contributed by atoms with Gasteiger partial charge in [-0.3, -0.25) is 9.59 Å². The third-order valence-electron chi connectivity index (χ3n) is 7.42. The molecule has 0 saturated carbocycles. The molecule has 2 saturated heterocycles. The highest BCUT2D eigenvalue weighted by Crippen LogP contribution is 2.47. The first-order valence-corrected chi connectivity index (χ1v) is 12.7. The Morgan fingerprint density at radius 1 is 1.00 bits per heavy atom. The van der Waals surface area contributed by atoms with E-state index < -0.39 is 64.6 Å². The summed E-state index contributed by atoms with van der Waals surface area (Å²) < 4.78 is 28.0. The van der Waals surface area contributed by atoms with Crippen LogP contribution in [-0.4, -0.2) is 64.4 Å². The molecule has 3 aromatic carbocycles. The van der Waals surface area contributed by atoms with Crippen molar-refractivity contribution >= 4 is 52.7 Å². The second-order valence-electron chi connectivity index (χ2n) is 9.62. The van der Waals surface area contributed by atoms with Crippen molar-refractivity contribution in [3.63, 3.8) is 0 Å². The zero-order valence-corrected chi connectivity index (χ0v) is 22.6. The topological polar surface area (TPSA) is 122 Å². The van der Waals surface area contributed by atoms with Gasteiger partial charge in [-0.15, -0.1) is 0 Å². The molecule has 0 aliphatic carbocycles. The van der Waals surface area contributed by atoms with Gasteiger partial charge in [0.15, 0.2) is 11.6 Å². The third kappa shape index (κ3) is 4.45. The largest absolute Gasteiger partial charge is 0.478 e. The zero-order chi connectivity index (χ0) is 29.8. The molecule has 2 aliphatic heterocycles. The van der Waals surface area contributed by atoms with Gasteiger partial charge in [0.25, 0.3) is 11.8 Å². The number of hydrogen-bond acceptors (Lipinski definition) is 5. The molecule has 2 heterocycles. The summed E-state index contributed by atoms with van der Waals surface area (Å²) >= 11 is 12.3. The lowest BCUT2D eigenvalue weighted by Gasteiger charge is -2.33. The van der Waals surface area contributed by atoms with Crippen molar-refractivity contribution in [3.8, 4) is 6.07 Å². The number of aromatic carboxylic acids is 1. The van der Waals surface area contributed by atoms with Crippen LogP contribution in [0.5, 0.6) is 0 Å². The first kappa shape index (κ1) is 28.0. The fraction of sp³-hybridized carbons (Fsp3) is 0.179. The number of carbonyl (C=O) groups excluding carboxylic acids is 3. The van der Waals surface area contributed by atoms with E-state index in [0.29, 0.717) is 23.3 Å². The molecular formula is C28H18Cl2F2N4O5. The van der Waals surface area contributed by atoms with Crippen molar-refractivity contribution in [2.45, 2.75) is 11.5 Å². The van der Waals surface area contributed by atoms with Crippen molar-refractivity contribution < 1.29 is 33.1 Å². The molecule has 208 valence electrons. The van der Waals surface area contributed by atoms with E-state index in [1.165, 1.54) is 42.3 Å².